The van der Waals surface area contributed by atoms with Gasteiger partial charge < -0.3 is 0 Å². The highest BCUT2D eigenvalue weighted by Gasteiger charge is 2.32. The Labute approximate surface area is 197 Å². The fraction of sp³-hybridized carbons (Fsp3) is 0.0833. The van der Waals surface area contributed by atoms with E-state index in [1.54, 1.807) is 5.01 Å². The molecule has 5 rings (SSSR count). The lowest BCUT2D eigenvalue weighted by molar-refractivity contribution is 0.628. The molecular formula is C24H17ClFN5OS. The normalized spacial score (nSPS) is 15.9. The number of nitrogens with zero attached hydrogens (tertiary/aromatic N) is 4. The van der Waals surface area contributed by atoms with Crippen LogP contribution in [0.2, 0.25) is 5.02 Å². The van der Waals surface area contributed by atoms with Gasteiger partial charge in [0.2, 0.25) is 0 Å². The largest absolute Gasteiger partial charge is 0.308 e. The number of nitrogens with one attached hydrogen (secondary N) is 1. The maximum atomic E-state index is 13.2. The summed E-state index contributed by atoms with van der Waals surface area (Å²) in [5, 5.41) is 16.1. The van der Waals surface area contributed by atoms with E-state index in [1.165, 1.54) is 24.3 Å². The van der Waals surface area contributed by atoms with Crippen LogP contribution in [0, 0.1) is 5.82 Å². The van der Waals surface area contributed by atoms with Crippen molar-refractivity contribution in [1.82, 2.24) is 4.98 Å². The molecule has 33 heavy (non-hydrogen) atoms. The number of anilines is 1. The van der Waals surface area contributed by atoms with E-state index in [1.807, 2.05) is 54.6 Å². The Kier molecular flexibility index (Phi) is 5.85. The number of benzene rings is 3. The van der Waals surface area contributed by atoms with Crippen molar-refractivity contribution < 1.29 is 4.39 Å². The molecule has 9 heteroatoms. The molecule has 1 aliphatic heterocycles. The molecule has 0 saturated heterocycles. The smallest absolute Gasteiger partial charge is 0.296 e. The predicted octanol–water partition coefficient (Wildman–Crippen LogP) is 7.00. The van der Waals surface area contributed by atoms with Crippen LogP contribution in [0.3, 0.4) is 0 Å². The highest BCUT2D eigenvalue weighted by Crippen LogP contribution is 2.41. The van der Waals surface area contributed by atoms with Crippen LogP contribution >= 0.6 is 22.9 Å². The molecule has 2 heterocycles. The van der Waals surface area contributed by atoms with Crippen LogP contribution in [0.25, 0.3) is 0 Å². The monoisotopic (exact) mass is 477 g/mol. The van der Waals surface area contributed by atoms with Gasteiger partial charge in [0.05, 0.1) is 17.4 Å². The second kappa shape index (κ2) is 9.09. The molecule has 1 atom stereocenters. The third-order valence-electron chi connectivity index (χ3n) is 5.20. The van der Waals surface area contributed by atoms with Crippen molar-refractivity contribution >= 4 is 45.2 Å². The molecule has 0 saturated carbocycles. The number of hydrazone groups is 1. The quantitative estimate of drug-likeness (QED) is 0.314. The molecule has 1 N–H and O–H groups in total. The summed E-state index contributed by atoms with van der Waals surface area (Å²) in [7, 11) is 0. The van der Waals surface area contributed by atoms with Gasteiger partial charge in [-0.3, -0.25) is 9.78 Å². The fourth-order valence-corrected chi connectivity index (χ4v) is 4.38. The fourth-order valence-electron chi connectivity index (χ4n) is 3.61. The molecule has 0 amide bonds. The summed E-state index contributed by atoms with van der Waals surface area (Å²) < 4.78 is 13.2. The first-order valence-electron chi connectivity index (χ1n) is 10.1. The Hall–Kier alpha value is -3.62. The molecule has 3 aromatic carbocycles. The Balaban J connectivity index is 1.55. The predicted molar refractivity (Wildman–Crippen MR) is 130 cm³/mol. The third-order valence-corrected chi connectivity index (χ3v) is 6.20. The molecule has 0 aliphatic carbocycles. The van der Waals surface area contributed by atoms with Gasteiger partial charge in [0.1, 0.15) is 5.82 Å². The molecule has 4 aromatic rings. The Morgan fingerprint density at radius 1 is 1.00 bits per heavy atom. The van der Waals surface area contributed by atoms with Gasteiger partial charge in [0.25, 0.3) is 0 Å². The van der Waals surface area contributed by atoms with Crippen molar-refractivity contribution in [2.75, 3.05) is 5.01 Å². The highest BCUT2D eigenvalue weighted by molar-refractivity contribution is 7.13. The summed E-state index contributed by atoms with van der Waals surface area (Å²) in [5.74, 6) is 0.105. The van der Waals surface area contributed by atoms with E-state index in [4.69, 9.17) is 16.7 Å². The van der Waals surface area contributed by atoms with Gasteiger partial charge in [0, 0.05) is 11.4 Å². The van der Waals surface area contributed by atoms with E-state index < -0.39 is 0 Å². The van der Waals surface area contributed by atoms with Crippen molar-refractivity contribution in [1.29, 1.82) is 0 Å². The number of rotatable bonds is 5. The minimum atomic E-state index is -0.355. The molecule has 0 radical (unpaired) electrons. The Bertz CT molecular complexity index is 1380. The lowest BCUT2D eigenvalue weighted by Gasteiger charge is -2.22. The molecule has 1 aromatic heterocycles. The molecular weight excluding hydrogens is 461 g/mol. The summed E-state index contributed by atoms with van der Waals surface area (Å²) >= 11 is 7.04. The first-order chi connectivity index (χ1) is 16.1. The average molecular weight is 478 g/mol. The Morgan fingerprint density at radius 2 is 1.73 bits per heavy atom. The maximum absolute atomic E-state index is 13.2. The van der Waals surface area contributed by atoms with Gasteiger partial charge in [-0.05, 0) is 47.5 Å². The van der Waals surface area contributed by atoms with Crippen LogP contribution in [0.1, 0.15) is 23.6 Å². The van der Waals surface area contributed by atoms with E-state index in [-0.39, 0.29) is 16.7 Å². The molecule has 0 bridgehead atoms. The first kappa shape index (κ1) is 21.2. The molecule has 1 aliphatic rings. The first-order valence-corrected chi connectivity index (χ1v) is 11.3. The van der Waals surface area contributed by atoms with E-state index in [0.717, 1.165) is 28.2 Å². The van der Waals surface area contributed by atoms with E-state index in [0.29, 0.717) is 27.9 Å². The number of aromatic amines is 1. The molecule has 0 fully saturated rings. The van der Waals surface area contributed by atoms with Crippen molar-refractivity contribution in [2.24, 2.45) is 15.3 Å². The summed E-state index contributed by atoms with van der Waals surface area (Å²) in [6.07, 6.45) is 0.637. The van der Waals surface area contributed by atoms with Crippen molar-refractivity contribution in [3.05, 3.63) is 110 Å². The van der Waals surface area contributed by atoms with Crippen LogP contribution in [-0.4, -0.2) is 10.7 Å². The van der Waals surface area contributed by atoms with Crippen LogP contribution < -0.4 is 9.88 Å². The number of azo groups is 1. The number of thiazole rings is 1. The number of hydrogen-bond acceptors (Lipinski definition) is 6. The molecule has 6 nitrogen and oxygen atoms in total. The van der Waals surface area contributed by atoms with Gasteiger partial charge in [0.15, 0.2) is 10.8 Å². The van der Waals surface area contributed by atoms with Gasteiger partial charge in [-0.2, -0.15) is 5.10 Å². The van der Waals surface area contributed by atoms with Gasteiger partial charge >= 0.3 is 4.87 Å². The number of hydrogen-bond donors (Lipinski definition) is 1. The zero-order valence-corrected chi connectivity index (χ0v) is 18.7. The standard InChI is InChI=1S/C24H17ClFN5OS/c25-17-8-6-16(7-9-17)21-14-20(15-4-2-1-3-5-15)30-31(21)22-23(33-24(32)27-22)29-28-19-12-10-18(26)11-13-19/h1-13,21H,14H2,(H,27,32)/t21-/m1/s1. The van der Waals surface area contributed by atoms with Crippen LogP contribution in [0.5, 0.6) is 0 Å². The lowest BCUT2D eigenvalue weighted by Crippen LogP contribution is -2.19. The number of aromatic nitrogens is 1. The maximum Gasteiger partial charge on any atom is 0.308 e. The number of H-pyrrole nitrogens is 1. The molecule has 164 valence electrons. The summed E-state index contributed by atoms with van der Waals surface area (Å²) in [6, 6.07) is 23.0. The minimum absolute atomic E-state index is 0.164. The second-order valence-electron chi connectivity index (χ2n) is 7.37. The summed E-state index contributed by atoms with van der Waals surface area (Å²) in [4.78, 5) is 14.9. The van der Waals surface area contributed by atoms with Crippen LogP contribution in [0.4, 0.5) is 20.9 Å². The van der Waals surface area contributed by atoms with E-state index in [9.17, 15) is 9.18 Å². The lowest BCUT2D eigenvalue weighted by atomic mass is 9.98. The van der Waals surface area contributed by atoms with E-state index >= 15 is 0 Å². The SMILES string of the molecule is O=c1[nH]c(N2N=C(c3ccccc3)C[C@@H]2c2ccc(Cl)cc2)c(N=Nc2ccc(F)cc2)s1. The molecule has 0 spiro atoms. The van der Waals surface area contributed by atoms with Crippen molar-refractivity contribution in [2.45, 2.75) is 12.5 Å². The average Bonchev–Trinajstić information content (AvgIpc) is 3.43. The van der Waals surface area contributed by atoms with Crippen molar-refractivity contribution in [3.8, 4) is 0 Å². The third kappa shape index (κ3) is 4.62. The highest BCUT2D eigenvalue weighted by atomic mass is 35.5. The molecule has 0 unspecified atom stereocenters. The van der Waals surface area contributed by atoms with Gasteiger partial charge in [-0.25, -0.2) is 9.40 Å². The zero-order valence-electron chi connectivity index (χ0n) is 17.2. The van der Waals surface area contributed by atoms with Crippen LogP contribution in [-0.2, 0) is 0 Å². The second-order valence-corrected chi connectivity index (χ2v) is 8.77. The van der Waals surface area contributed by atoms with Crippen molar-refractivity contribution in [3.63, 3.8) is 0 Å². The minimum Gasteiger partial charge on any atom is -0.296 e. The summed E-state index contributed by atoms with van der Waals surface area (Å²) in [6.45, 7) is 0. The Morgan fingerprint density at radius 3 is 2.45 bits per heavy atom. The van der Waals surface area contributed by atoms with Gasteiger partial charge in [-0.1, -0.05) is 65.4 Å². The van der Waals surface area contributed by atoms with Gasteiger partial charge in [-0.15, -0.1) is 10.2 Å². The summed E-state index contributed by atoms with van der Waals surface area (Å²) in [5.41, 5.74) is 3.38. The zero-order chi connectivity index (χ0) is 22.8. The topological polar surface area (TPSA) is 73.2 Å². The number of halogens is 2. The van der Waals surface area contributed by atoms with E-state index in [2.05, 4.69) is 15.2 Å². The van der Waals surface area contributed by atoms with Crippen LogP contribution in [0.15, 0.2) is 99.0 Å².